The Bertz CT molecular complexity index is 122. The van der Waals surface area contributed by atoms with Crippen molar-refractivity contribution in [1.29, 1.82) is 0 Å². The molecule has 0 aliphatic heterocycles. The first-order valence-electron chi connectivity index (χ1n) is 3.82. The van der Waals surface area contributed by atoms with Gasteiger partial charge in [0.2, 0.25) is 0 Å². The predicted molar refractivity (Wildman–Crippen MR) is 48.7 cm³/mol. The molecule has 0 spiro atoms. The monoisotopic (exact) mass is 250 g/mol. The Hall–Kier alpha value is 0.339. The fourth-order valence-electron chi connectivity index (χ4n) is 0.888. The second-order valence-electron chi connectivity index (χ2n) is 3.34. The SMILES string of the molecule is C/C=[C](/OCC)[Sn]([CH3])([CH3])[CH3]. The maximum atomic E-state index is 5.51. The van der Waals surface area contributed by atoms with E-state index in [1.165, 1.54) is 3.78 Å². The summed E-state index contributed by atoms with van der Waals surface area (Å²) in [6, 6.07) is 0. The zero-order chi connectivity index (χ0) is 8.20. The van der Waals surface area contributed by atoms with E-state index in [4.69, 9.17) is 4.74 Å². The molecule has 0 aliphatic carbocycles. The molecule has 0 saturated carbocycles. The summed E-state index contributed by atoms with van der Waals surface area (Å²) in [7, 11) is 0. The standard InChI is InChI=1S/C5H9O.3CH3.Sn/c1-3-5-6-4-2;;;;/h3H,4H2,1-2H3;3*1H3;. The van der Waals surface area contributed by atoms with Crippen molar-refractivity contribution in [2.45, 2.75) is 28.7 Å². The number of rotatable bonds is 3. The van der Waals surface area contributed by atoms with E-state index < -0.39 is 18.4 Å². The van der Waals surface area contributed by atoms with Gasteiger partial charge in [0, 0.05) is 0 Å². The Labute approximate surface area is 68.3 Å². The van der Waals surface area contributed by atoms with E-state index >= 15 is 0 Å². The summed E-state index contributed by atoms with van der Waals surface area (Å²) in [6.45, 7) is 4.92. The topological polar surface area (TPSA) is 9.23 Å². The fraction of sp³-hybridized carbons (Fsp3) is 0.750. The van der Waals surface area contributed by atoms with Gasteiger partial charge in [0.05, 0.1) is 0 Å². The molecule has 10 heavy (non-hydrogen) atoms. The number of ether oxygens (including phenoxy) is 1. The van der Waals surface area contributed by atoms with E-state index in [9.17, 15) is 0 Å². The molecule has 0 fully saturated rings. The van der Waals surface area contributed by atoms with Crippen LogP contribution in [-0.4, -0.2) is 25.0 Å². The molecule has 0 amide bonds. The number of hydrogen-bond donors (Lipinski definition) is 0. The van der Waals surface area contributed by atoms with Crippen LogP contribution in [0.15, 0.2) is 9.85 Å². The molecule has 0 bridgehead atoms. The third kappa shape index (κ3) is 3.49. The molecule has 0 N–H and O–H groups in total. The van der Waals surface area contributed by atoms with Crippen LogP contribution >= 0.6 is 0 Å². The molecule has 0 heterocycles. The van der Waals surface area contributed by atoms with Crippen molar-refractivity contribution in [3.8, 4) is 0 Å². The quantitative estimate of drug-likeness (QED) is 0.552. The van der Waals surface area contributed by atoms with Crippen LogP contribution in [0.5, 0.6) is 0 Å². The van der Waals surface area contributed by atoms with Gasteiger partial charge in [-0.3, -0.25) is 0 Å². The zero-order valence-electron chi connectivity index (χ0n) is 7.69. The van der Waals surface area contributed by atoms with Crippen LogP contribution in [0.4, 0.5) is 0 Å². The molecule has 0 radical (unpaired) electrons. The van der Waals surface area contributed by atoms with Gasteiger partial charge in [-0.1, -0.05) is 0 Å². The van der Waals surface area contributed by atoms with Crippen LogP contribution in [0.25, 0.3) is 0 Å². The van der Waals surface area contributed by atoms with Crippen molar-refractivity contribution >= 4 is 18.4 Å². The Morgan fingerprint density at radius 3 is 2.00 bits per heavy atom. The Morgan fingerprint density at radius 1 is 1.40 bits per heavy atom. The predicted octanol–water partition coefficient (Wildman–Crippen LogP) is 2.80. The summed E-state index contributed by atoms with van der Waals surface area (Å²) in [4.78, 5) is 7.08. The van der Waals surface area contributed by atoms with Gasteiger partial charge in [0.1, 0.15) is 0 Å². The molecule has 60 valence electrons. The van der Waals surface area contributed by atoms with Crippen molar-refractivity contribution in [3.63, 3.8) is 0 Å². The normalized spacial score (nSPS) is 13.5. The molecule has 0 aromatic carbocycles. The van der Waals surface area contributed by atoms with Gasteiger partial charge < -0.3 is 0 Å². The molecule has 0 saturated heterocycles. The summed E-state index contributed by atoms with van der Waals surface area (Å²) in [6.07, 6.45) is 2.12. The van der Waals surface area contributed by atoms with Crippen molar-refractivity contribution in [2.24, 2.45) is 0 Å². The van der Waals surface area contributed by atoms with Gasteiger partial charge in [-0.05, 0) is 0 Å². The van der Waals surface area contributed by atoms with Crippen molar-refractivity contribution in [2.75, 3.05) is 6.61 Å². The molecule has 0 atom stereocenters. The second-order valence-corrected chi connectivity index (χ2v) is 17.6. The zero-order valence-corrected chi connectivity index (χ0v) is 10.5. The Balaban J connectivity index is 4.10. The molecular formula is C8H18OSn. The fourth-order valence-corrected chi connectivity index (χ4v) is 5.01. The van der Waals surface area contributed by atoms with E-state index in [2.05, 4.69) is 27.8 Å². The van der Waals surface area contributed by atoms with Gasteiger partial charge in [-0.25, -0.2) is 0 Å². The number of allylic oxidation sites excluding steroid dienone is 1. The summed E-state index contributed by atoms with van der Waals surface area (Å²) < 4.78 is 6.80. The van der Waals surface area contributed by atoms with E-state index in [-0.39, 0.29) is 0 Å². The van der Waals surface area contributed by atoms with Crippen LogP contribution in [0.2, 0.25) is 14.8 Å². The van der Waals surface area contributed by atoms with Crippen LogP contribution in [-0.2, 0) is 4.74 Å². The minimum absolute atomic E-state index is 0.813. The summed E-state index contributed by atoms with van der Waals surface area (Å²) >= 11 is -1.85. The average molecular weight is 249 g/mol. The van der Waals surface area contributed by atoms with Crippen LogP contribution in [0.3, 0.4) is 0 Å². The first-order valence-corrected chi connectivity index (χ1v) is 13.8. The second kappa shape index (κ2) is 4.27. The van der Waals surface area contributed by atoms with Crippen LogP contribution < -0.4 is 0 Å². The van der Waals surface area contributed by atoms with Crippen LogP contribution in [0, 0.1) is 0 Å². The van der Waals surface area contributed by atoms with Crippen molar-refractivity contribution in [3.05, 3.63) is 9.85 Å². The minimum atomic E-state index is -1.85. The average Bonchev–Trinajstić information content (AvgIpc) is 1.80. The molecule has 2 heteroatoms. The van der Waals surface area contributed by atoms with E-state index in [0.29, 0.717) is 0 Å². The first kappa shape index (κ1) is 10.3. The van der Waals surface area contributed by atoms with Gasteiger partial charge in [0.25, 0.3) is 0 Å². The van der Waals surface area contributed by atoms with Crippen molar-refractivity contribution in [1.82, 2.24) is 0 Å². The molecule has 0 aromatic rings. The third-order valence-electron chi connectivity index (χ3n) is 1.30. The van der Waals surface area contributed by atoms with Gasteiger partial charge in [0.15, 0.2) is 0 Å². The molecule has 0 aliphatic rings. The summed E-state index contributed by atoms with van der Waals surface area (Å²) in [5.41, 5.74) is 0. The summed E-state index contributed by atoms with van der Waals surface area (Å²) in [5, 5.41) is 0. The molecular weight excluding hydrogens is 231 g/mol. The Morgan fingerprint density at radius 2 is 1.90 bits per heavy atom. The molecule has 0 unspecified atom stereocenters. The number of hydrogen-bond acceptors (Lipinski definition) is 1. The first-order chi connectivity index (χ1) is 4.52. The van der Waals surface area contributed by atoms with Gasteiger partial charge >= 0.3 is 68.2 Å². The van der Waals surface area contributed by atoms with Gasteiger partial charge in [-0.2, -0.15) is 0 Å². The van der Waals surface area contributed by atoms with Crippen LogP contribution in [0.1, 0.15) is 13.8 Å². The molecule has 0 rings (SSSR count). The van der Waals surface area contributed by atoms with Gasteiger partial charge in [-0.15, -0.1) is 0 Å². The maximum absolute atomic E-state index is 5.51. The molecule has 1 nitrogen and oxygen atoms in total. The van der Waals surface area contributed by atoms with Crippen molar-refractivity contribution < 1.29 is 4.74 Å². The van der Waals surface area contributed by atoms with E-state index in [1.54, 1.807) is 0 Å². The molecule has 0 aromatic heterocycles. The Kier molecular flexibility index (Phi) is 4.41. The third-order valence-corrected chi connectivity index (χ3v) is 6.76. The summed E-state index contributed by atoms with van der Waals surface area (Å²) in [5.74, 6) is 0. The van der Waals surface area contributed by atoms with E-state index in [0.717, 1.165) is 6.61 Å². The van der Waals surface area contributed by atoms with E-state index in [1.807, 2.05) is 6.92 Å².